The van der Waals surface area contributed by atoms with Crippen molar-refractivity contribution in [3.05, 3.63) is 35.6 Å². The maximum absolute atomic E-state index is 13.6. The van der Waals surface area contributed by atoms with Gasteiger partial charge in [0.2, 0.25) is 0 Å². The van der Waals surface area contributed by atoms with E-state index in [0.717, 1.165) is 25.1 Å². The smallest absolute Gasteiger partial charge is 0.123 e. The van der Waals surface area contributed by atoms with Crippen molar-refractivity contribution in [2.75, 3.05) is 13.1 Å². The summed E-state index contributed by atoms with van der Waals surface area (Å²) in [4.78, 5) is 2.46. The Balaban J connectivity index is 2.22. The summed E-state index contributed by atoms with van der Waals surface area (Å²) in [7, 11) is 0. The van der Waals surface area contributed by atoms with Crippen molar-refractivity contribution in [3.63, 3.8) is 0 Å². The molecule has 1 aromatic rings. The summed E-state index contributed by atoms with van der Waals surface area (Å²) < 4.78 is 13.6. The molecule has 2 rings (SSSR count). The molecule has 2 N–H and O–H groups in total. The molecule has 3 unspecified atom stereocenters. The Kier molecular flexibility index (Phi) is 5.05. The second-order valence-corrected chi connectivity index (χ2v) is 7.42. The summed E-state index contributed by atoms with van der Waals surface area (Å²) in [6, 6.07) is 7.11. The lowest BCUT2D eigenvalue weighted by Gasteiger charge is -2.34. The van der Waals surface area contributed by atoms with E-state index in [-0.39, 0.29) is 17.9 Å². The first-order valence-corrected chi connectivity index (χ1v) is 8.08. The lowest BCUT2D eigenvalue weighted by atomic mass is 9.80. The highest BCUT2D eigenvalue weighted by atomic mass is 19.1. The lowest BCUT2D eigenvalue weighted by Crippen LogP contribution is -2.40. The molecule has 1 heterocycles. The van der Waals surface area contributed by atoms with Gasteiger partial charge in [-0.05, 0) is 48.4 Å². The van der Waals surface area contributed by atoms with Crippen molar-refractivity contribution in [2.45, 2.75) is 52.6 Å². The standard InChI is InChI=1S/C18H29FN2/c1-5-16(20)17(13-7-6-8-15(19)11-13)21-10-9-14(12-21)18(2,3)4/h6-8,11,14,16-17H,5,9-10,12,20H2,1-4H3. The second kappa shape index (κ2) is 6.45. The van der Waals surface area contributed by atoms with E-state index >= 15 is 0 Å². The maximum Gasteiger partial charge on any atom is 0.123 e. The van der Waals surface area contributed by atoms with E-state index in [1.807, 2.05) is 6.07 Å². The average molecular weight is 292 g/mol. The van der Waals surface area contributed by atoms with Crippen LogP contribution in [0.1, 0.15) is 52.1 Å². The van der Waals surface area contributed by atoms with Gasteiger partial charge in [0.05, 0.1) is 0 Å². The molecular formula is C18H29FN2. The van der Waals surface area contributed by atoms with E-state index < -0.39 is 0 Å². The van der Waals surface area contributed by atoms with Gasteiger partial charge in [0.25, 0.3) is 0 Å². The van der Waals surface area contributed by atoms with Crippen LogP contribution in [0.25, 0.3) is 0 Å². The van der Waals surface area contributed by atoms with Gasteiger partial charge in [-0.2, -0.15) is 0 Å². The number of halogens is 1. The van der Waals surface area contributed by atoms with Gasteiger partial charge in [0.15, 0.2) is 0 Å². The maximum atomic E-state index is 13.6. The molecule has 0 aromatic heterocycles. The van der Waals surface area contributed by atoms with Crippen molar-refractivity contribution < 1.29 is 4.39 Å². The Morgan fingerprint density at radius 3 is 2.62 bits per heavy atom. The van der Waals surface area contributed by atoms with Crippen molar-refractivity contribution in [1.29, 1.82) is 0 Å². The molecule has 21 heavy (non-hydrogen) atoms. The van der Waals surface area contributed by atoms with Crippen molar-refractivity contribution in [2.24, 2.45) is 17.1 Å². The monoisotopic (exact) mass is 292 g/mol. The van der Waals surface area contributed by atoms with E-state index in [0.29, 0.717) is 11.3 Å². The molecule has 0 amide bonds. The molecule has 3 heteroatoms. The fourth-order valence-electron chi connectivity index (χ4n) is 3.39. The molecule has 1 fully saturated rings. The minimum atomic E-state index is -0.174. The zero-order valence-corrected chi connectivity index (χ0v) is 13.8. The van der Waals surface area contributed by atoms with Gasteiger partial charge in [-0.15, -0.1) is 0 Å². The summed E-state index contributed by atoms with van der Waals surface area (Å²) >= 11 is 0. The van der Waals surface area contributed by atoms with Crippen molar-refractivity contribution in [1.82, 2.24) is 4.90 Å². The highest BCUT2D eigenvalue weighted by Gasteiger charge is 2.36. The third-order valence-corrected chi connectivity index (χ3v) is 4.90. The van der Waals surface area contributed by atoms with Gasteiger partial charge in [-0.1, -0.05) is 39.8 Å². The highest BCUT2D eigenvalue weighted by molar-refractivity contribution is 5.22. The average Bonchev–Trinajstić information content (AvgIpc) is 2.88. The van der Waals surface area contributed by atoms with Crippen LogP contribution >= 0.6 is 0 Å². The number of hydrogen-bond donors (Lipinski definition) is 1. The first-order valence-electron chi connectivity index (χ1n) is 8.08. The van der Waals surface area contributed by atoms with Gasteiger partial charge in [-0.25, -0.2) is 4.39 Å². The Hall–Kier alpha value is -0.930. The molecule has 0 bridgehead atoms. The molecular weight excluding hydrogens is 263 g/mol. The van der Waals surface area contributed by atoms with Crippen LogP contribution in [0, 0.1) is 17.2 Å². The third-order valence-electron chi connectivity index (χ3n) is 4.90. The molecule has 0 saturated carbocycles. The van der Waals surface area contributed by atoms with Crippen LogP contribution in [-0.4, -0.2) is 24.0 Å². The highest BCUT2D eigenvalue weighted by Crippen LogP contribution is 2.38. The Morgan fingerprint density at radius 1 is 1.38 bits per heavy atom. The van der Waals surface area contributed by atoms with Crippen LogP contribution in [-0.2, 0) is 0 Å². The lowest BCUT2D eigenvalue weighted by molar-refractivity contribution is 0.174. The Morgan fingerprint density at radius 2 is 2.10 bits per heavy atom. The minimum Gasteiger partial charge on any atom is -0.326 e. The quantitative estimate of drug-likeness (QED) is 0.909. The molecule has 2 nitrogen and oxygen atoms in total. The third kappa shape index (κ3) is 3.83. The summed E-state index contributed by atoms with van der Waals surface area (Å²) in [5.41, 5.74) is 7.70. The van der Waals surface area contributed by atoms with Gasteiger partial charge in [-0.3, -0.25) is 4.90 Å². The largest absolute Gasteiger partial charge is 0.326 e. The zero-order chi connectivity index (χ0) is 15.6. The summed E-state index contributed by atoms with van der Waals surface area (Å²) in [5.74, 6) is 0.505. The van der Waals surface area contributed by atoms with Crippen LogP contribution in [0.2, 0.25) is 0 Å². The Bertz CT molecular complexity index is 467. The number of rotatable bonds is 4. The number of likely N-dealkylation sites (tertiary alicyclic amines) is 1. The van der Waals surface area contributed by atoms with E-state index in [9.17, 15) is 4.39 Å². The van der Waals surface area contributed by atoms with E-state index in [1.165, 1.54) is 12.5 Å². The van der Waals surface area contributed by atoms with E-state index in [1.54, 1.807) is 12.1 Å². The molecule has 0 aliphatic carbocycles. The predicted molar refractivity (Wildman–Crippen MR) is 86.5 cm³/mol. The fourth-order valence-corrected chi connectivity index (χ4v) is 3.39. The summed E-state index contributed by atoms with van der Waals surface area (Å²) in [6.45, 7) is 11.1. The molecule has 0 spiro atoms. The van der Waals surface area contributed by atoms with E-state index in [2.05, 4.69) is 32.6 Å². The SMILES string of the molecule is CCC(N)C(c1cccc(F)c1)N1CCC(C(C)(C)C)C1. The number of nitrogens with two attached hydrogens (primary N) is 1. The molecule has 1 aromatic carbocycles. The molecule has 1 saturated heterocycles. The van der Waals surface area contributed by atoms with Crippen molar-refractivity contribution >= 4 is 0 Å². The topological polar surface area (TPSA) is 29.3 Å². The van der Waals surface area contributed by atoms with Crippen LogP contribution < -0.4 is 5.73 Å². The molecule has 1 aliphatic heterocycles. The first-order chi connectivity index (χ1) is 9.82. The van der Waals surface area contributed by atoms with Gasteiger partial charge in [0, 0.05) is 18.6 Å². The Labute approximate surface area is 128 Å². The second-order valence-electron chi connectivity index (χ2n) is 7.42. The number of hydrogen-bond acceptors (Lipinski definition) is 2. The van der Waals surface area contributed by atoms with Gasteiger partial charge >= 0.3 is 0 Å². The number of benzene rings is 1. The molecule has 118 valence electrons. The van der Waals surface area contributed by atoms with Gasteiger partial charge < -0.3 is 5.73 Å². The molecule has 3 atom stereocenters. The van der Waals surface area contributed by atoms with Gasteiger partial charge in [0.1, 0.15) is 5.82 Å². The van der Waals surface area contributed by atoms with Crippen molar-refractivity contribution in [3.8, 4) is 0 Å². The summed E-state index contributed by atoms with van der Waals surface area (Å²) in [6.07, 6.45) is 2.10. The van der Waals surface area contributed by atoms with Crippen LogP contribution in [0.5, 0.6) is 0 Å². The van der Waals surface area contributed by atoms with E-state index in [4.69, 9.17) is 5.73 Å². The van der Waals surface area contributed by atoms with Crippen LogP contribution in [0.15, 0.2) is 24.3 Å². The minimum absolute atomic E-state index is 0.0468. The fraction of sp³-hybridized carbons (Fsp3) is 0.667. The van der Waals surface area contributed by atoms with Crippen LogP contribution in [0.3, 0.4) is 0 Å². The molecule has 1 aliphatic rings. The molecule has 0 radical (unpaired) electrons. The van der Waals surface area contributed by atoms with Crippen LogP contribution in [0.4, 0.5) is 4.39 Å². The predicted octanol–water partition coefficient (Wildman–Crippen LogP) is 3.97. The normalized spacial score (nSPS) is 23.2. The number of nitrogens with zero attached hydrogens (tertiary/aromatic N) is 1. The summed E-state index contributed by atoms with van der Waals surface area (Å²) in [5, 5.41) is 0. The zero-order valence-electron chi connectivity index (χ0n) is 13.8. The first kappa shape index (κ1) is 16.4.